The van der Waals surface area contributed by atoms with Gasteiger partial charge in [0.2, 0.25) is 0 Å². The predicted octanol–water partition coefficient (Wildman–Crippen LogP) is 3.34. The number of rotatable bonds is 2. The maximum atomic E-state index is 6.03. The fourth-order valence-electron chi connectivity index (χ4n) is 2.46. The summed E-state index contributed by atoms with van der Waals surface area (Å²) in [5.74, 6) is 0. The minimum atomic E-state index is -0.256. The molecule has 0 aliphatic carbocycles. The third kappa shape index (κ3) is 2.19. The summed E-state index contributed by atoms with van der Waals surface area (Å²) in [6.07, 6.45) is 2.74. The highest BCUT2D eigenvalue weighted by Crippen LogP contribution is 2.37. The SMILES string of the molecule is CC1(C)OB(Cc2ccc3cc[nH]c3c2)OC1(C)C. The van der Waals surface area contributed by atoms with Crippen LogP contribution < -0.4 is 0 Å². The van der Waals surface area contributed by atoms with Crippen molar-refractivity contribution in [1.82, 2.24) is 4.98 Å². The predicted molar refractivity (Wildman–Crippen MR) is 78.1 cm³/mol. The van der Waals surface area contributed by atoms with E-state index in [9.17, 15) is 0 Å². The highest BCUT2D eigenvalue weighted by molar-refractivity contribution is 6.45. The molecule has 2 heterocycles. The molecule has 1 saturated heterocycles. The molecule has 1 aliphatic rings. The summed E-state index contributed by atoms with van der Waals surface area (Å²) in [5.41, 5.74) is 1.88. The normalized spacial score (nSPS) is 21.2. The number of aromatic nitrogens is 1. The fraction of sp³-hybridized carbons (Fsp3) is 0.467. The summed E-state index contributed by atoms with van der Waals surface area (Å²) >= 11 is 0. The third-order valence-corrected chi connectivity index (χ3v) is 4.32. The van der Waals surface area contributed by atoms with Crippen LogP contribution in [0, 0.1) is 0 Å². The van der Waals surface area contributed by atoms with E-state index in [2.05, 4.69) is 56.9 Å². The highest BCUT2D eigenvalue weighted by atomic mass is 16.7. The summed E-state index contributed by atoms with van der Waals surface area (Å²) in [6.45, 7) is 8.34. The lowest BCUT2D eigenvalue weighted by Crippen LogP contribution is -2.41. The van der Waals surface area contributed by atoms with Crippen LogP contribution in [0.1, 0.15) is 33.3 Å². The summed E-state index contributed by atoms with van der Waals surface area (Å²) in [5, 5.41) is 1.23. The monoisotopic (exact) mass is 257 g/mol. The van der Waals surface area contributed by atoms with Gasteiger partial charge in [-0.1, -0.05) is 12.1 Å². The van der Waals surface area contributed by atoms with E-state index in [1.54, 1.807) is 0 Å². The first-order valence-corrected chi connectivity index (χ1v) is 6.79. The van der Waals surface area contributed by atoms with Gasteiger partial charge in [0, 0.05) is 18.0 Å². The maximum absolute atomic E-state index is 6.03. The lowest BCUT2D eigenvalue weighted by molar-refractivity contribution is 0.00578. The summed E-state index contributed by atoms with van der Waals surface area (Å²) < 4.78 is 12.1. The Labute approximate surface area is 114 Å². The molecule has 3 nitrogen and oxygen atoms in total. The average Bonchev–Trinajstić information content (AvgIpc) is 2.81. The van der Waals surface area contributed by atoms with Crippen LogP contribution in [-0.2, 0) is 15.6 Å². The topological polar surface area (TPSA) is 34.2 Å². The van der Waals surface area contributed by atoms with Gasteiger partial charge in [-0.25, -0.2) is 0 Å². The Bertz CT molecular complexity index is 587. The van der Waals surface area contributed by atoms with Crippen molar-refractivity contribution in [1.29, 1.82) is 0 Å². The van der Waals surface area contributed by atoms with Crippen molar-refractivity contribution in [3.63, 3.8) is 0 Å². The van der Waals surface area contributed by atoms with E-state index < -0.39 is 0 Å². The third-order valence-electron chi connectivity index (χ3n) is 4.32. The molecule has 1 aliphatic heterocycles. The molecule has 0 spiro atoms. The van der Waals surface area contributed by atoms with Crippen LogP contribution in [0.15, 0.2) is 30.5 Å². The minimum Gasteiger partial charge on any atom is -0.403 e. The van der Waals surface area contributed by atoms with E-state index in [-0.39, 0.29) is 18.3 Å². The van der Waals surface area contributed by atoms with Crippen molar-refractivity contribution in [3.05, 3.63) is 36.0 Å². The van der Waals surface area contributed by atoms with Crippen molar-refractivity contribution in [2.24, 2.45) is 0 Å². The first kappa shape index (κ1) is 12.8. The lowest BCUT2D eigenvalue weighted by Gasteiger charge is -2.32. The summed E-state index contributed by atoms with van der Waals surface area (Å²) in [7, 11) is -0.169. The maximum Gasteiger partial charge on any atom is 0.462 e. The number of hydrogen-bond acceptors (Lipinski definition) is 2. The van der Waals surface area contributed by atoms with Crippen molar-refractivity contribution in [3.8, 4) is 0 Å². The summed E-state index contributed by atoms with van der Waals surface area (Å²) in [6, 6.07) is 8.52. The van der Waals surface area contributed by atoms with Gasteiger partial charge >= 0.3 is 7.12 Å². The number of H-pyrrole nitrogens is 1. The van der Waals surface area contributed by atoms with Crippen molar-refractivity contribution >= 4 is 18.0 Å². The van der Waals surface area contributed by atoms with Gasteiger partial charge < -0.3 is 14.3 Å². The molecule has 0 bridgehead atoms. The van der Waals surface area contributed by atoms with E-state index in [1.165, 1.54) is 10.9 Å². The Morgan fingerprint density at radius 2 is 1.74 bits per heavy atom. The van der Waals surface area contributed by atoms with Crippen molar-refractivity contribution < 1.29 is 9.31 Å². The molecule has 19 heavy (non-hydrogen) atoms. The first-order chi connectivity index (χ1) is 8.87. The molecule has 0 atom stereocenters. The Balaban J connectivity index is 1.79. The van der Waals surface area contributed by atoms with Crippen LogP contribution in [0.3, 0.4) is 0 Å². The largest absolute Gasteiger partial charge is 0.462 e. The molecule has 1 aromatic carbocycles. The zero-order valence-electron chi connectivity index (χ0n) is 12.0. The second kappa shape index (κ2) is 4.12. The standard InChI is InChI=1S/C15H20BNO2/c1-14(2)15(3,4)19-16(18-14)10-11-5-6-12-7-8-17-13(12)9-11/h5-9,17H,10H2,1-4H3. The van der Waals surface area contributed by atoms with Crippen LogP contribution in [0.4, 0.5) is 0 Å². The van der Waals surface area contributed by atoms with Gasteiger partial charge in [-0.2, -0.15) is 0 Å². The molecule has 1 N–H and O–H groups in total. The Morgan fingerprint density at radius 3 is 2.42 bits per heavy atom. The van der Waals surface area contributed by atoms with E-state index in [0.717, 1.165) is 11.8 Å². The molecule has 0 amide bonds. The van der Waals surface area contributed by atoms with Crippen LogP contribution in [0.25, 0.3) is 10.9 Å². The van der Waals surface area contributed by atoms with Crippen LogP contribution in [0.5, 0.6) is 0 Å². The van der Waals surface area contributed by atoms with Crippen molar-refractivity contribution in [2.75, 3.05) is 0 Å². The van der Waals surface area contributed by atoms with E-state index in [0.29, 0.717) is 0 Å². The van der Waals surface area contributed by atoms with Crippen LogP contribution >= 0.6 is 0 Å². The molecular formula is C15H20BNO2. The fourth-order valence-corrected chi connectivity index (χ4v) is 2.46. The second-order valence-electron chi connectivity index (χ2n) is 6.29. The Hall–Kier alpha value is -1.26. The molecule has 100 valence electrons. The Kier molecular flexibility index (Phi) is 2.77. The molecule has 2 aromatic rings. The second-order valence-corrected chi connectivity index (χ2v) is 6.29. The molecule has 4 heteroatoms. The van der Waals surface area contributed by atoms with E-state index in [4.69, 9.17) is 9.31 Å². The van der Waals surface area contributed by atoms with Gasteiger partial charge in [-0.3, -0.25) is 0 Å². The van der Waals surface area contributed by atoms with Gasteiger partial charge in [0.05, 0.1) is 11.2 Å². The van der Waals surface area contributed by atoms with Gasteiger partial charge in [0.25, 0.3) is 0 Å². The van der Waals surface area contributed by atoms with Gasteiger partial charge in [-0.15, -0.1) is 0 Å². The smallest absolute Gasteiger partial charge is 0.403 e. The van der Waals surface area contributed by atoms with Gasteiger partial charge in [0.15, 0.2) is 0 Å². The lowest BCUT2D eigenvalue weighted by atomic mass is 9.80. The zero-order chi connectivity index (χ0) is 13.7. The molecule has 1 aromatic heterocycles. The van der Waals surface area contributed by atoms with Crippen molar-refractivity contribution in [2.45, 2.75) is 45.2 Å². The summed E-state index contributed by atoms with van der Waals surface area (Å²) in [4.78, 5) is 3.24. The molecular weight excluding hydrogens is 237 g/mol. The molecule has 1 fully saturated rings. The number of hydrogen-bond donors (Lipinski definition) is 1. The minimum absolute atomic E-state index is 0.169. The zero-order valence-corrected chi connectivity index (χ0v) is 12.0. The number of benzene rings is 1. The number of fused-ring (bicyclic) bond motifs is 1. The van der Waals surface area contributed by atoms with Gasteiger partial charge in [-0.05, 0) is 50.8 Å². The number of nitrogens with one attached hydrogen (secondary N) is 1. The molecule has 3 rings (SSSR count). The molecule has 0 unspecified atom stereocenters. The van der Waals surface area contributed by atoms with E-state index in [1.807, 2.05) is 6.20 Å². The quantitative estimate of drug-likeness (QED) is 0.837. The number of aromatic amines is 1. The van der Waals surface area contributed by atoms with Gasteiger partial charge in [0.1, 0.15) is 0 Å². The van der Waals surface area contributed by atoms with E-state index >= 15 is 0 Å². The molecule has 0 saturated carbocycles. The van der Waals surface area contributed by atoms with Crippen LogP contribution in [0.2, 0.25) is 0 Å². The Morgan fingerprint density at radius 1 is 1.05 bits per heavy atom. The van der Waals surface area contributed by atoms with Crippen LogP contribution in [-0.4, -0.2) is 23.3 Å². The average molecular weight is 257 g/mol. The highest BCUT2D eigenvalue weighted by Gasteiger charge is 2.50. The first-order valence-electron chi connectivity index (χ1n) is 6.79. The molecule has 0 radical (unpaired) electrons.